The van der Waals surface area contributed by atoms with Crippen LogP contribution in [0.25, 0.3) is 11.3 Å². The van der Waals surface area contributed by atoms with Crippen molar-refractivity contribution < 1.29 is 13.9 Å². The highest BCUT2D eigenvalue weighted by molar-refractivity contribution is 7.12. The van der Waals surface area contributed by atoms with Gasteiger partial charge in [0.25, 0.3) is 0 Å². The molecule has 0 unspecified atom stereocenters. The van der Waals surface area contributed by atoms with E-state index in [1.54, 1.807) is 19.2 Å². The van der Waals surface area contributed by atoms with Crippen LogP contribution >= 0.6 is 11.3 Å². The van der Waals surface area contributed by atoms with E-state index < -0.39 is 0 Å². The van der Waals surface area contributed by atoms with Crippen LogP contribution in [0.5, 0.6) is 0 Å². The van der Waals surface area contributed by atoms with Gasteiger partial charge in [-0.1, -0.05) is 0 Å². The van der Waals surface area contributed by atoms with E-state index in [1.165, 1.54) is 23.5 Å². The van der Waals surface area contributed by atoms with Gasteiger partial charge in [0.15, 0.2) is 0 Å². The SMILES string of the molecule is COC[C@H](C)NC(=O)Cc1sc(C)nc1-c1ccc(F)cc1. The van der Waals surface area contributed by atoms with Crippen LogP contribution in [0.2, 0.25) is 0 Å². The Morgan fingerprint density at radius 2 is 2.09 bits per heavy atom. The van der Waals surface area contributed by atoms with Gasteiger partial charge < -0.3 is 10.1 Å². The van der Waals surface area contributed by atoms with E-state index in [0.717, 1.165) is 21.1 Å². The Morgan fingerprint density at radius 1 is 1.41 bits per heavy atom. The van der Waals surface area contributed by atoms with Gasteiger partial charge in [0.2, 0.25) is 5.91 Å². The molecule has 1 aromatic heterocycles. The van der Waals surface area contributed by atoms with Crippen molar-refractivity contribution in [3.63, 3.8) is 0 Å². The summed E-state index contributed by atoms with van der Waals surface area (Å²) >= 11 is 1.49. The number of rotatable bonds is 6. The maximum absolute atomic E-state index is 13.0. The molecule has 2 aromatic rings. The van der Waals surface area contributed by atoms with Crippen LogP contribution in [0.3, 0.4) is 0 Å². The molecule has 1 aromatic carbocycles. The zero-order valence-electron chi connectivity index (χ0n) is 12.9. The number of benzene rings is 1. The lowest BCUT2D eigenvalue weighted by atomic mass is 10.1. The fourth-order valence-electron chi connectivity index (χ4n) is 2.19. The summed E-state index contributed by atoms with van der Waals surface area (Å²) in [5.74, 6) is -0.361. The van der Waals surface area contributed by atoms with E-state index in [-0.39, 0.29) is 24.2 Å². The van der Waals surface area contributed by atoms with Crippen molar-refractivity contribution in [2.24, 2.45) is 0 Å². The Bertz CT molecular complexity index is 640. The summed E-state index contributed by atoms with van der Waals surface area (Å²) in [6, 6.07) is 6.11. The topological polar surface area (TPSA) is 51.2 Å². The minimum Gasteiger partial charge on any atom is -0.383 e. The second-order valence-corrected chi connectivity index (χ2v) is 6.40. The van der Waals surface area contributed by atoms with Crippen molar-refractivity contribution in [2.75, 3.05) is 13.7 Å². The number of amides is 1. The van der Waals surface area contributed by atoms with Crippen LogP contribution in [0.4, 0.5) is 4.39 Å². The molecular weight excluding hydrogens is 303 g/mol. The number of hydrogen-bond acceptors (Lipinski definition) is 4. The second kappa shape index (κ2) is 7.47. The van der Waals surface area contributed by atoms with Crippen LogP contribution in [0.15, 0.2) is 24.3 Å². The third-order valence-electron chi connectivity index (χ3n) is 3.07. The van der Waals surface area contributed by atoms with Crippen LogP contribution in [-0.4, -0.2) is 30.6 Å². The number of nitrogens with one attached hydrogen (secondary N) is 1. The van der Waals surface area contributed by atoms with Gasteiger partial charge in [-0.25, -0.2) is 9.37 Å². The highest BCUT2D eigenvalue weighted by Gasteiger charge is 2.16. The van der Waals surface area contributed by atoms with Gasteiger partial charge in [-0.3, -0.25) is 4.79 Å². The second-order valence-electron chi connectivity index (χ2n) is 5.11. The third-order valence-corrected chi connectivity index (χ3v) is 4.04. The largest absolute Gasteiger partial charge is 0.383 e. The molecule has 0 fully saturated rings. The lowest BCUT2D eigenvalue weighted by Gasteiger charge is -2.12. The van der Waals surface area contributed by atoms with E-state index >= 15 is 0 Å². The number of carbonyl (C=O) groups excluding carboxylic acids is 1. The van der Waals surface area contributed by atoms with Gasteiger partial charge >= 0.3 is 0 Å². The van der Waals surface area contributed by atoms with Gasteiger partial charge in [0.1, 0.15) is 5.82 Å². The molecule has 0 saturated heterocycles. The Hall–Kier alpha value is -1.79. The number of methoxy groups -OCH3 is 1. The normalized spacial score (nSPS) is 12.2. The van der Waals surface area contributed by atoms with E-state index in [1.807, 2.05) is 13.8 Å². The fourth-order valence-corrected chi connectivity index (χ4v) is 3.14. The highest BCUT2D eigenvalue weighted by atomic mass is 32.1. The fraction of sp³-hybridized carbons (Fsp3) is 0.375. The Kier molecular flexibility index (Phi) is 5.63. The third kappa shape index (κ3) is 4.35. The Labute approximate surface area is 133 Å². The Morgan fingerprint density at radius 3 is 2.73 bits per heavy atom. The van der Waals surface area contributed by atoms with Crippen molar-refractivity contribution in [2.45, 2.75) is 26.3 Å². The first-order chi connectivity index (χ1) is 10.5. The number of halogens is 1. The van der Waals surface area contributed by atoms with Crippen LogP contribution in [0.1, 0.15) is 16.8 Å². The van der Waals surface area contributed by atoms with Gasteiger partial charge in [-0.05, 0) is 38.1 Å². The maximum atomic E-state index is 13.0. The summed E-state index contributed by atoms with van der Waals surface area (Å²) in [7, 11) is 1.60. The molecule has 0 radical (unpaired) electrons. The molecule has 1 heterocycles. The quantitative estimate of drug-likeness (QED) is 0.889. The molecule has 0 aliphatic heterocycles. The lowest BCUT2D eigenvalue weighted by Crippen LogP contribution is -2.36. The summed E-state index contributed by atoms with van der Waals surface area (Å²) in [5.41, 5.74) is 1.57. The van der Waals surface area contributed by atoms with Gasteiger partial charge in [-0.2, -0.15) is 0 Å². The molecule has 4 nitrogen and oxygen atoms in total. The standard InChI is InChI=1S/C16H19FN2O2S/c1-10(9-21-3)18-15(20)8-14-16(19-11(2)22-14)12-4-6-13(17)7-5-12/h4-7,10H,8-9H2,1-3H3,(H,18,20)/t10-/m0/s1. The van der Waals surface area contributed by atoms with Crippen LogP contribution < -0.4 is 5.32 Å². The molecule has 118 valence electrons. The predicted octanol–water partition coefficient (Wildman–Crippen LogP) is 2.95. The number of hydrogen-bond donors (Lipinski definition) is 1. The van der Waals surface area contributed by atoms with E-state index in [9.17, 15) is 9.18 Å². The first-order valence-electron chi connectivity index (χ1n) is 7.00. The summed E-state index contributed by atoms with van der Waals surface area (Å²) in [6.07, 6.45) is 0.256. The minimum absolute atomic E-state index is 0.0409. The van der Waals surface area contributed by atoms with Crippen molar-refractivity contribution in [1.82, 2.24) is 10.3 Å². The molecule has 0 bridgehead atoms. The zero-order chi connectivity index (χ0) is 16.1. The molecule has 0 aliphatic carbocycles. The van der Waals surface area contributed by atoms with E-state index in [0.29, 0.717) is 6.61 Å². The van der Waals surface area contributed by atoms with Crippen molar-refractivity contribution in [3.05, 3.63) is 40.0 Å². The molecule has 1 atom stereocenters. The lowest BCUT2D eigenvalue weighted by molar-refractivity contribution is -0.121. The summed E-state index contributed by atoms with van der Waals surface area (Å²) in [6.45, 7) is 4.26. The minimum atomic E-state index is -0.289. The molecule has 1 N–H and O–H groups in total. The van der Waals surface area contributed by atoms with E-state index in [2.05, 4.69) is 10.3 Å². The first-order valence-corrected chi connectivity index (χ1v) is 7.81. The molecule has 6 heteroatoms. The molecule has 1 amide bonds. The average molecular weight is 322 g/mol. The predicted molar refractivity (Wildman–Crippen MR) is 85.4 cm³/mol. The average Bonchev–Trinajstić information content (AvgIpc) is 2.80. The zero-order valence-corrected chi connectivity index (χ0v) is 13.7. The molecular formula is C16H19FN2O2S. The first kappa shape index (κ1) is 16.6. The highest BCUT2D eigenvalue weighted by Crippen LogP contribution is 2.28. The van der Waals surface area contributed by atoms with Crippen molar-refractivity contribution >= 4 is 17.2 Å². The van der Waals surface area contributed by atoms with Gasteiger partial charge in [0.05, 0.1) is 23.7 Å². The number of aryl methyl sites for hydroxylation is 1. The summed E-state index contributed by atoms with van der Waals surface area (Å²) in [4.78, 5) is 17.4. The summed E-state index contributed by atoms with van der Waals surface area (Å²) < 4.78 is 18.0. The molecule has 2 rings (SSSR count). The molecule has 22 heavy (non-hydrogen) atoms. The number of aromatic nitrogens is 1. The molecule has 0 saturated carbocycles. The number of ether oxygens (including phenoxy) is 1. The van der Waals surface area contributed by atoms with E-state index in [4.69, 9.17) is 4.74 Å². The number of carbonyl (C=O) groups is 1. The van der Waals surface area contributed by atoms with Crippen LogP contribution in [0, 0.1) is 12.7 Å². The number of thiazole rings is 1. The Balaban J connectivity index is 2.15. The molecule has 0 spiro atoms. The smallest absolute Gasteiger partial charge is 0.225 e. The van der Waals surface area contributed by atoms with Gasteiger partial charge in [0, 0.05) is 23.6 Å². The van der Waals surface area contributed by atoms with Crippen molar-refractivity contribution in [3.8, 4) is 11.3 Å². The monoisotopic (exact) mass is 322 g/mol. The van der Waals surface area contributed by atoms with Crippen LogP contribution in [-0.2, 0) is 16.0 Å². The summed E-state index contributed by atoms with van der Waals surface area (Å²) in [5, 5.41) is 3.76. The molecule has 0 aliphatic rings. The van der Waals surface area contributed by atoms with Crippen molar-refractivity contribution in [1.29, 1.82) is 0 Å². The van der Waals surface area contributed by atoms with Gasteiger partial charge in [-0.15, -0.1) is 11.3 Å². The maximum Gasteiger partial charge on any atom is 0.225 e. The number of nitrogens with zero attached hydrogens (tertiary/aromatic N) is 1.